The second-order valence-corrected chi connectivity index (χ2v) is 9.23. The first-order chi connectivity index (χ1) is 17.1. The van der Waals surface area contributed by atoms with Crippen LogP contribution in [-0.4, -0.2) is 53.6 Å². The van der Waals surface area contributed by atoms with Gasteiger partial charge in [0.05, 0.1) is 26.5 Å². The van der Waals surface area contributed by atoms with Crippen LogP contribution in [0.5, 0.6) is 17.4 Å². The number of hydrogen-bond acceptors (Lipinski definition) is 9. The van der Waals surface area contributed by atoms with E-state index >= 15 is 0 Å². The average molecular weight is 479 g/mol. The molecule has 1 saturated carbocycles. The van der Waals surface area contributed by atoms with Gasteiger partial charge in [-0.1, -0.05) is 19.1 Å². The molecule has 0 unspecified atom stereocenters. The number of carbonyl (C=O) groups excluding carboxylic acids is 1. The van der Waals surface area contributed by atoms with E-state index in [4.69, 9.17) is 18.6 Å². The van der Waals surface area contributed by atoms with Gasteiger partial charge in [-0.05, 0) is 42.4 Å². The number of anilines is 1. The van der Waals surface area contributed by atoms with Crippen LogP contribution >= 0.6 is 0 Å². The quantitative estimate of drug-likeness (QED) is 0.374. The highest BCUT2D eigenvalue weighted by molar-refractivity contribution is 5.93. The van der Waals surface area contributed by atoms with Gasteiger partial charge in [0.15, 0.2) is 23.8 Å². The summed E-state index contributed by atoms with van der Waals surface area (Å²) in [6, 6.07) is 7.94. The Morgan fingerprint density at radius 1 is 1.20 bits per heavy atom. The van der Waals surface area contributed by atoms with E-state index in [0.29, 0.717) is 42.9 Å². The monoisotopic (exact) mass is 478 g/mol. The second-order valence-electron chi connectivity index (χ2n) is 9.23. The molecule has 0 bridgehead atoms. The summed E-state index contributed by atoms with van der Waals surface area (Å²) in [6.45, 7) is 4.19. The van der Waals surface area contributed by atoms with Crippen molar-refractivity contribution in [2.45, 2.75) is 44.6 Å². The molecule has 9 heteroatoms. The fraction of sp³-hybridized carbons (Fsp3) is 0.462. The standard InChI is InChI=1S/C26H30N4O5/c1-17(11-22(31)23-12-27-16-34-23)19-5-7-20(8-6-19)35-21-9-10-30(13-21)25-24(32-2)26(29-15-28-25)33-14-18-3-4-18/h5-8,12,15-18,21H,3-4,9-11,13-14H2,1-2H3/t17-,21-/m1/s1. The molecule has 0 N–H and O–H groups in total. The third-order valence-electron chi connectivity index (χ3n) is 6.50. The molecular formula is C26H30N4O5. The van der Waals surface area contributed by atoms with Gasteiger partial charge < -0.3 is 23.5 Å². The number of aromatic nitrogens is 3. The van der Waals surface area contributed by atoms with E-state index in [0.717, 1.165) is 30.1 Å². The highest BCUT2D eigenvalue weighted by Gasteiger charge is 2.30. The number of Topliss-reactive ketones (excluding diaryl/α,β-unsaturated/α-hetero) is 1. The van der Waals surface area contributed by atoms with Crippen LogP contribution in [0.25, 0.3) is 0 Å². The third-order valence-corrected chi connectivity index (χ3v) is 6.50. The van der Waals surface area contributed by atoms with E-state index in [1.54, 1.807) is 7.11 Å². The van der Waals surface area contributed by atoms with E-state index in [2.05, 4.69) is 19.9 Å². The lowest BCUT2D eigenvalue weighted by Crippen LogP contribution is -2.26. The number of nitrogens with zero attached hydrogens (tertiary/aromatic N) is 4. The predicted octanol–water partition coefficient (Wildman–Crippen LogP) is 4.30. The number of ether oxygens (including phenoxy) is 3. The topological polar surface area (TPSA) is 99.8 Å². The van der Waals surface area contributed by atoms with E-state index in [1.165, 1.54) is 31.8 Å². The molecule has 0 spiro atoms. The van der Waals surface area contributed by atoms with Gasteiger partial charge in [-0.25, -0.2) is 9.97 Å². The lowest BCUT2D eigenvalue weighted by atomic mass is 9.95. The molecule has 1 aromatic carbocycles. The zero-order valence-corrected chi connectivity index (χ0v) is 20.1. The van der Waals surface area contributed by atoms with Crippen LogP contribution in [0.1, 0.15) is 54.6 Å². The van der Waals surface area contributed by atoms with Gasteiger partial charge in [-0.15, -0.1) is 0 Å². The molecule has 3 heterocycles. The molecule has 0 amide bonds. The minimum atomic E-state index is -0.0531. The Kier molecular flexibility index (Phi) is 6.83. The fourth-order valence-electron chi connectivity index (χ4n) is 4.27. The first-order valence-electron chi connectivity index (χ1n) is 12.1. The van der Waals surface area contributed by atoms with Crippen LogP contribution in [0, 0.1) is 5.92 Å². The van der Waals surface area contributed by atoms with Gasteiger partial charge in [0.25, 0.3) is 5.88 Å². The van der Waals surface area contributed by atoms with Gasteiger partial charge in [-0.3, -0.25) is 4.79 Å². The molecule has 3 aromatic rings. The first kappa shape index (κ1) is 23.1. The highest BCUT2D eigenvalue weighted by Crippen LogP contribution is 2.37. The predicted molar refractivity (Wildman–Crippen MR) is 128 cm³/mol. The smallest absolute Gasteiger partial charge is 0.262 e. The fourth-order valence-corrected chi connectivity index (χ4v) is 4.27. The lowest BCUT2D eigenvalue weighted by molar-refractivity contribution is 0.0948. The van der Waals surface area contributed by atoms with Crippen molar-refractivity contribution in [1.82, 2.24) is 15.0 Å². The van der Waals surface area contributed by atoms with Crippen molar-refractivity contribution in [3.8, 4) is 17.4 Å². The maximum atomic E-state index is 12.3. The Bertz CT molecular complexity index is 1130. The van der Waals surface area contributed by atoms with Crippen molar-refractivity contribution < 1.29 is 23.4 Å². The second kappa shape index (κ2) is 10.3. The van der Waals surface area contributed by atoms with Gasteiger partial charge in [0, 0.05) is 19.4 Å². The molecule has 5 rings (SSSR count). The Labute approximate surface area is 204 Å². The minimum absolute atomic E-state index is 0.0295. The van der Waals surface area contributed by atoms with Crippen molar-refractivity contribution in [1.29, 1.82) is 0 Å². The van der Waals surface area contributed by atoms with Crippen LogP contribution in [0.15, 0.2) is 47.6 Å². The summed E-state index contributed by atoms with van der Waals surface area (Å²) in [5, 5.41) is 0. The number of rotatable bonds is 11. The van der Waals surface area contributed by atoms with Gasteiger partial charge in [-0.2, -0.15) is 4.98 Å². The van der Waals surface area contributed by atoms with Crippen molar-refractivity contribution in [3.63, 3.8) is 0 Å². The number of hydrogen-bond donors (Lipinski definition) is 0. The molecule has 2 atom stereocenters. The maximum Gasteiger partial charge on any atom is 0.262 e. The Morgan fingerprint density at radius 2 is 2.03 bits per heavy atom. The van der Waals surface area contributed by atoms with Crippen LogP contribution in [0.4, 0.5) is 5.82 Å². The largest absolute Gasteiger partial charge is 0.489 e. The summed E-state index contributed by atoms with van der Waals surface area (Å²) >= 11 is 0. The summed E-state index contributed by atoms with van der Waals surface area (Å²) in [6.07, 6.45) is 7.95. The van der Waals surface area contributed by atoms with Crippen LogP contribution in [-0.2, 0) is 0 Å². The molecule has 1 saturated heterocycles. The average Bonchev–Trinajstić information content (AvgIpc) is 3.32. The SMILES string of the molecule is COc1c(OCC2CC2)ncnc1N1CC[C@@H](Oc2ccc([C@H](C)CC(=O)c3cnco3)cc2)C1. The Morgan fingerprint density at radius 3 is 2.74 bits per heavy atom. The zero-order chi connectivity index (χ0) is 24.2. The van der Waals surface area contributed by atoms with E-state index in [-0.39, 0.29) is 17.8 Å². The molecule has 1 aliphatic heterocycles. The summed E-state index contributed by atoms with van der Waals surface area (Å²) in [5.74, 6) is 3.55. The molecular weight excluding hydrogens is 448 g/mol. The summed E-state index contributed by atoms with van der Waals surface area (Å²) in [4.78, 5) is 27.0. The molecule has 9 nitrogen and oxygen atoms in total. The molecule has 35 heavy (non-hydrogen) atoms. The number of ketones is 1. The van der Waals surface area contributed by atoms with E-state index in [9.17, 15) is 4.79 Å². The molecule has 1 aliphatic carbocycles. The summed E-state index contributed by atoms with van der Waals surface area (Å²) in [7, 11) is 1.62. The Hall–Kier alpha value is -3.62. The zero-order valence-electron chi connectivity index (χ0n) is 20.1. The maximum absolute atomic E-state index is 12.3. The van der Waals surface area contributed by atoms with Gasteiger partial charge >= 0.3 is 0 Å². The van der Waals surface area contributed by atoms with E-state index < -0.39 is 0 Å². The first-order valence-corrected chi connectivity index (χ1v) is 12.1. The van der Waals surface area contributed by atoms with Crippen molar-refractivity contribution in [2.75, 3.05) is 31.7 Å². The molecule has 0 radical (unpaired) electrons. The van der Waals surface area contributed by atoms with Crippen LogP contribution in [0.2, 0.25) is 0 Å². The molecule has 2 fully saturated rings. The number of benzene rings is 1. The Balaban J connectivity index is 1.17. The number of oxazole rings is 1. The lowest BCUT2D eigenvalue weighted by Gasteiger charge is -2.21. The summed E-state index contributed by atoms with van der Waals surface area (Å²) < 4.78 is 22.9. The van der Waals surface area contributed by atoms with Crippen molar-refractivity contribution in [3.05, 3.63) is 54.5 Å². The molecule has 2 aliphatic rings. The van der Waals surface area contributed by atoms with E-state index in [1.807, 2.05) is 31.2 Å². The highest BCUT2D eigenvalue weighted by atomic mass is 16.5. The molecule has 184 valence electrons. The van der Waals surface area contributed by atoms with Crippen LogP contribution in [0.3, 0.4) is 0 Å². The normalized spacial score (nSPS) is 18.3. The van der Waals surface area contributed by atoms with Crippen LogP contribution < -0.4 is 19.1 Å². The summed E-state index contributed by atoms with van der Waals surface area (Å²) in [5.41, 5.74) is 1.07. The minimum Gasteiger partial charge on any atom is -0.489 e. The third kappa shape index (κ3) is 5.55. The molecule has 2 aromatic heterocycles. The van der Waals surface area contributed by atoms with Gasteiger partial charge in [0.2, 0.25) is 5.75 Å². The number of methoxy groups -OCH3 is 1. The van der Waals surface area contributed by atoms with Gasteiger partial charge in [0.1, 0.15) is 18.2 Å². The van der Waals surface area contributed by atoms with Crippen molar-refractivity contribution >= 4 is 11.6 Å². The van der Waals surface area contributed by atoms with Crippen molar-refractivity contribution in [2.24, 2.45) is 5.92 Å². The number of carbonyl (C=O) groups is 1.